The van der Waals surface area contributed by atoms with Crippen molar-refractivity contribution >= 4 is 15.9 Å². The zero-order valence-electron chi connectivity index (χ0n) is 14.7. The molecule has 1 aliphatic rings. The minimum atomic E-state index is -4.00. The van der Waals surface area contributed by atoms with Gasteiger partial charge in [-0.25, -0.2) is 17.5 Å². The predicted octanol–water partition coefficient (Wildman–Crippen LogP) is 1.73. The molecule has 0 radical (unpaired) electrons. The van der Waals surface area contributed by atoms with Gasteiger partial charge in [-0.1, -0.05) is 6.42 Å². The van der Waals surface area contributed by atoms with Gasteiger partial charge in [-0.05, 0) is 58.0 Å². The number of sulfonamides is 1. The first-order valence-electron chi connectivity index (χ1n) is 8.62. The molecule has 0 unspecified atom stereocenters. The largest absolute Gasteiger partial charge is 0.351 e. The van der Waals surface area contributed by atoms with Gasteiger partial charge in [-0.2, -0.15) is 0 Å². The monoisotopic (exact) mass is 371 g/mol. The number of rotatable bonds is 7. The second-order valence-corrected chi connectivity index (χ2v) is 8.26. The standard InChI is InChI=1S/C17H26FN3O3S/c1-13(2)20-25(23,24)16-12-14(6-7-15(16)18)17(22)19-8-11-21-9-4-3-5-10-21/h6-7,12-13,20H,3-5,8-11H2,1-2H3,(H,19,22). The van der Waals surface area contributed by atoms with Crippen LogP contribution in [0.5, 0.6) is 0 Å². The molecule has 25 heavy (non-hydrogen) atoms. The molecule has 0 aromatic heterocycles. The van der Waals surface area contributed by atoms with Crippen LogP contribution < -0.4 is 10.0 Å². The summed E-state index contributed by atoms with van der Waals surface area (Å²) in [6, 6.07) is 3.01. The van der Waals surface area contributed by atoms with Crippen molar-refractivity contribution < 1.29 is 17.6 Å². The van der Waals surface area contributed by atoms with Crippen LogP contribution in [0.2, 0.25) is 0 Å². The molecule has 1 saturated heterocycles. The molecule has 1 amide bonds. The Morgan fingerprint density at radius 3 is 2.56 bits per heavy atom. The van der Waals surface area contributed by atoms with E-state index in [0.717, 1.165) is 31.8 Å². The van der Waals surface area contributed by atoms with Crippen molar-refractivity contribution in [1.82, 2.24) is 14.9 Å². The molecule has 1 aromatic carbocycles. The maximum atomic E-state index is 13.9. The Hall–Kier alpha value is -1.51. The smallest absolute Gasteiger partial charge is 0.251 e. The maximum Gasteiger partial charge on any atom is 0.251 e. The molecule has 1 aromatic rings. The first kappa shape index (κ1) is 19.8. The third-order valence-corrected chi connectivity index (χ3v) is 5.71. The number of piperidine rings is 1. The van der Waals surface area contributed by atoms with Gasteiger partial charge in [-0.15, -0.1) is 0 Å². The number of nitrogens with one attached hydrogen (secondary N) is 2. The number of carbonyl (C=O) groups is 1. The first-order valence-corrected chi connectivity index (χ1v) is 10.1. The van der Waals surface area contributed by atoms with Gasteiger partial charge in [0, 0.05) is 24.7 Å². The van der Waals surface area contributed by atoms with Crippen molar-refractivity contribution in [3.63, 3.8) is 0 Å². The highest BCUT2D eigenvalue weighted by Crippen LogP contribution is 2.17. The third kappa shape index (κ3) is 5.76. The number of carbonyl (C=O) groups excluding carboxylic acids is 1. The summed E-state index contributed by atoms with van der Waals surface area (Å²) in [6.45, 7) is 6.60. The van der Waals surface area contributed by atoms with E-state index >= 15 is 0 Å². The highest BCUT2D eigenvalue weighted by atomic mass is 32.2. The molecule has 0 spiro atoms. The molecule has 1 fully saturated rings. The van der Waals surface area contributed by atoms with Gasteiger partial charge in [-0.3, -0.25) is 4.79 Å². The van der Waals surface area contributed by atoms with Gasteiger partial charge in [0.1, 0.15) is 10.7 Å². The fourth-order valence-electron chi connectivity index (χ4n) is 2.84. The molecule has 0 atom stereocenters. The van der Waals surface area contributed by atoms with Gasteiger partial charge >= 0.3 is 0 Å². The summed E-state index contributed by atoms with van der Waals surface area (Å²) in [5, 5.41) is 2.77. The molecule has 2 rings (SSSR count). The number of halogens is 1. The van der Waals surface area contributed by atoms with E-state index < -0.39 is 26.6 Å². The third-order valence-electron chi connectivity index (χ3n) is 4.04. The quantitative estimate of drug-likeness (QED) is 0.765. The van der Waals surface area contributed by atoms with E-state index in [-0.39, 0.29) is 11.6 Å². The van der Waals surface area contributed by atoms with Crippen LogP contribution in [0.25, 0.3) is 0 Å². The molecule has 0 saturated carbocycles. The number of nitrogens with zero attached hydrogens (tertiary/aromatic N) is 1. The van der Waals surface area contributed by atoms with E-state index in [9.17, 15) is 17.6 Å². The molecule has 2 N–H and O–H groups in total. The second-order valence-electron chi connectivity index (χ2n) is 6.58. The Morgan fingerprint density at radius 1 is 1.24 bits per heavy atom. The number of hydrogen-bond acceptors (Lipinski definition) is 4. The molecule has 1 heterocycles. The lowest BCUT2D eigenvalue weighted by Crippen LogP contribution is -2.37. The lowest BCUT2D eigenvalue weighted by Gasteiger charge is -2.26. The normalized spacial score (nSPS) is 16.2. The summed E-state index contributed by atoms with van der Waals surface area (Å²) in [5.74, 6) is -1.28. The van der Waals surface area contributed by atoms with Crippen LogP contribution >= 0.6 is 0 Å². The SMILES string of the molecule is CC(C)NS(=O)(=O)c1cc(C(=O)NCCN2CCCCC2)ccc1F. The van der Waals surface area contributed by atoms with Crippen LogP contribution in [-0.2, 0) is 10.0 Å². The van der Waals surface area contributed by atoms with Crippen LogP contribution in [0.4, 0.5) is 4.39 Å². The Morgan fingerprint density at radius 2 is 1.92 bits per heavy atom. The van der Waals surface area contributed by atoms with E-state index in [2.05, 4.69) is 14.9 Å². The minimum Gasteiger partial charge on any atom is -0.351 e. The van der Waals surface area contributed by atoms with E-state index in [4.69, 9.17) is 0 Å². The van der Waals surface area contributed by atoms with Crippen molar-refractivity contribution in [2.75, 3.05) is 26.2 Å². The zero-order chi connectivity index (χ0) is 18.4. The minimum absolute atomic E-state index is 0.129. The Labute approximate surface area is 148 Å². The van der Waals surface area contributed by atoms with Crippen molar-refractivity contribution in [2.45, 2.75) is 44.0 Å². The van der Waals surface area contributed by atoms with E-state index in [0.29, 0.717) is 6.54 Å². The molecule has 1 aliphatic heterocycles. The van der Waals surface area contributed by atoms with Gasteiger partial charge in [0.25, 0.3) is 5.91 Å². The summed E-state index contributed by atoms with van der Waals surface area (Å²) >= 11 is 0. The maximum absolute atomic E-state index is 13.9. The van der Waals surface area contributed by atoms with E-state index in [1.165, 1.54) is 25.3 Å². The summed E-state index contributed by atoms with van der Waals surface area (Å²) in [7, 11) is -4.00. The van der Waals surface area contributed by atoms with Gasteiger partial charge < -0.3 is 10.2 Å². The van der Waals surface area contributed by atoms with Crippen molar-refractivity contribution in [3.8, 4) is 0 Å². The number of likely N-dealkylation sites (tertiary alicyclic amines) is 1. The zero-order valence-corrected chi connectivity index (χ0v) is 15.5. The van der Waals surface area contributed by atoms with Crippen LogP contribution in [0, 0.1) is 5.82 Å². The fraction of sp³-hybridized carbons (Fsp3) is 0.588. The van der Waals surface area contributed by atoms with Gasteiger partial charge in [0.15, 0.2) is 0 Å². The van der Waals surface area contributed by atoms with E-state index in [1.54, 1.807) is 13.8 Å². The molecular weight excluding hydrogens is 345 g/mol. The topological polar surface area (TPSA) is 78.5 Å². The summed E-state index contributed by atoms with van der Waals surface area (Å²) in [5.41, 5.74) is 0.129. The van der Waals surface area contributed by atoms with Crippen LogP contribution in [0.1, 0.15) is 43.5 Å². The number of amides is 1. The Bertz CT molecular complexity index is 701. The number of benzene rings is 1. The Balaban J connectivity index is 2.01. The lowest BCUT2D eigenvalue weighted by molar-refractivity contribution is 0.0946. The highest BCUT2D eigenvalue weighted by molar-refractivity contribution is 7.89. The molecule has 8 heteroatoms. The summed E-state index contributed by atoms with van der Waals surface area (Å²) in [6.07, 6.45) is 3.60. The summed E-state index contributed by atoms with van der Waals surface area (Å²) < 4.78 is 40.6. The van der Waals surface area contributed by atoms with Gasteiger partial charge in [0.05, 0.1) is 0 Å². The van der Waals surface area contributed by atoms with Crippen molar-refractivity contribution in [1.29, 1.82) is 0 Å². The highest BCUT2D eigenvalue weighted by Gasteiger charge is 2.22. The molecule has 0 bridgehead atoms. The van der Waals surface area contributed by atoms with E-state index in [1.807, 2.05) is 0 Å². The van der Waals surface area contributed by atoms with Crippen LogP contribution in [0.3, 0.4) is 0 Å². The number of hydrogen-bond donors (Lipinski definition) is 2. The lowest BCUT2D eigenvalue weighted by atomic mass is 10.1. The molecule has 6 nitrogen and oxygen atoms in total. The van der Waals surface area contributed by atoms with Gasteiger partial charge in [0.2, 0.25) is 10.0 Å². The predicted molar refractivity (Wildman–Crippen MR) is 94.5 cm³/mol. The van der Waals surface area contributed by atoms with Crippen LogP contribution in [0.15, 0.2) is 23.1 Å². The molecule has 140 valence electrons. The Kier molecular flexibility index (Phi) is 6.92. The molecule has 0 aliphatic carbocycles. The van der Waals surface area contributed by atoms with Crippen molar-refractivity contribution in [3.05, 3.63) is 29.6 Å². The second kappa shape index (κ2) is 8.73. The first-order chi connectivity index (χ1) is 11.8. The average molecular weight is 371 g/mol. The van der Waals surface area contributed by atoms with Crippen molar-refractivity contribution in [2.24, 2.45) is 0 Å². The van der Waals surface area contributed by atoms with Crippen LogP contribution in [-0.4, -0.2) is 51.4 Å². The fourth-order valence-corrected chi connectivity index (χ4v) is 4.19. The molecular formula is C17H26FN3O3S. The average Bonchev–Trinajstić information content (AvgIpc) is 2.54. The summed E-state index contributed by atoms with van der Waals surface area (Å²) in [4.78, 5) is 14.0.